The fourth-order valence-corrected chi connectivity index (χ4v) is 0.500. The molecular formula is C12H28Pt. The van der Waals surface area contributed by atoms with E-state index in [1.165, 1.54) is 25.7 Å². The van der Waals surface area contributed by atoms with Crippen molar-refractivity contribution in [1.82, 2.24) is 0 Å². The van der Waals surface area contributed by atoms with Crippen molar-refractivity contribution in [2.24, 2.45) is 0 Å². The van der Waals surface area contributed by atoms with Gasteiger partial charge in [0.15, 0.2) is 0 Å². The van der Waals surface area contributed by atoms with Gasteiger partial charge in [0.05, 0.1) is 0 Å². The predicted molar refractivity (Wildman–Crippen MR) is 62.6 cm³/mol. The van der Waals surface area contributed by atoms with Crippen LogP contribution in [0, 0.1) is 28.7 Å². The van der Waals surface area contributed by atoms with Crippen molar-refractivity contribution in [2.75, 3.05) is 0 Å². The van der Waals surface area contributed by atoms with Crippen LogP contribution in [0.25, 0.3) is 0 Å². The van der Waals surface area contributed by atoms with Gasteiger partial charge in [0, 0.05) is 0 Å². The molecule has 0 saturated carbocycles. The third kappa shape index (κ3) is 65.9. The molecule has 0 N–H and O–H groups in total. The van der Waals surface area contributed by atoms with Gasteiger partial charge in [-0.25, -0.2) is 0 Å². The van der Waals surface area contributed by atoms with Gasteiger partial charge in [0.2, 0.25) is 0 Å². The van der Waals surface area contributed by atoms with Crippen molar-refractivity contribution in [3.8, 4) is 0 Å². The van der Waals surface area contributed by atoms with Crippen molar-refractivity contribution in [1.29, 1.82) is 0 Å². The molecule has 0 aliphatic rings. The molecule has 0 amide bonds. The third-order valence-electron chi connectivity index (χ3n) is 1.21. The van der Waals surface area contributed by atoms with Crippen LogP contribution in [0.3, 0.4) is 0 Å². The van der Waals surface area contributed by atoms with Crippen LogP contribution in [-0.4, -0.2) is 0 Å². The van der Waals surface area contributed by atoms with E-state index in [2.05, 4.69) is 27.7 Å². The molecule has 0 atom stereocenters. The van der Waals surface area contributed by atoms with E-state index in [4.69, 9.17) is 0 Å². The first-order chi connectivity index (χ1) is 4.83. The summed E-state index contributed by atoms with van der Waals surface area (Å²) in [4.78, 5) is 0. The van der Waals surface area contributed by atoms with Crippen LogP contribution in [-0.2, 0) is 21.1 Å². The van der Waals surface area contributed by atoms with Crippen molar-refractivity contribution < 1.29 is 21.1 Å². The summed E-state index contributed by atoms with van der Waals surface area (Å²) >= 11 is 0. The Morgan fingerprint density at radius 1 is 0.769 bits per heavy atom. The summed E-state index contributed by atoms with van der Waals surface area (Å²) < 4.78 is 0. The topological polar surface area (TPSA) is 0 Å². The SMILES string of the molecule is [CH2-]CCCC.[CH2-]CCCC.[CH3-].[CH3-].[Pt+4]. The fourth-order valence-electron chi connectivity index (χ4n) is 0.500. The second-order valence-corrected chi connectivity index (χ2v) is 2.41. The first kappa shape index (κ1) is 29.2. The molecule has 0 aromatic carbocycles. The van der Waals surface area contributed by atoms with Crippen LogP contribution in [0.4, 0.5) is 0 Å². The average Bonchev–Trinajstić information content (AvgIpc) is 1.93. The Morgan fingerprint density at radius 2 is 1.00 bits per heavy atom. The Kier molecular flexibility index (Phi) is 87.0. The van der Waals surface area contributed by atoms with Crippen LogP contribution in [0.15, 0.2) is 0 Å². The second-order valence-electron chi connectivity index (χ2n) is 2.41. The molecule has 0 unspecified atom stereocenters. The first-order valence-electron chi connectivity index (χ1n) is 4.41. The third-order valence-corrected chi connectivity index (χ3v) is 1.21. The maximum atomic E-state index is 3.68. The molecule has 0 aromatic rings. The molecule has 1 heteroatoms. The van der Waals surface area contributed by atoms with Crippen LogP contribution < -0.4 is 0 Å². The largest absolute Gasteiger partial charge is 4.00 e. The number of hydrogen-bond acceptors (Lipinski definition) is 0. The van der Waals surface area contributed by atoms with Gasteiger partial charge in [0.25, 0.3) is 0 Å². The minimum atomic E-state index is 0. The van der Waals surface area contributed by atoms with Crippen LogP contribution in [0.1, 0.15) is 52.4 Å². The van der Waals surface area contributed by atoms with Crippen molar-refractivity contribution in [3.63, 3.8) is 0 Å². The molecule has 86 valence electrons. The Balaban J connectivity index is -0.0000000267. The normalized spacial score (nSPS) is 6.46. The fraction of sp³-hybridized carbons (Fsp3) is 0.667. The molecule has 0 fully saturated rings. The van der Waals surface area contributed by atoms with Gasteiger partial charge in [-0.2, -0.15) is 12.8 Å². The minimum absolute atomic E-state index is 0. The van der Waals surface area contributed by atoms with Crippen molar-refractivity contribution in [2.45, 2.75) is 52.4 Å². The monoisotopic (exact) mass is 367 g/mol. The predicted octanol–water partition coefficient (Wildman–Crippen LogP) is 4.92. The van der Waals surface area contributed by atoms with Gasteiger partial charge in [0.1, 0.15) is 0 Å². The van der Waals surface area contributed by atoms with Gasteiger partial charge >= 0.3 is 21.1 Å². The zero-order valence-corrected chi connectivity index (χ0v) is 12.2. The molecule has 0 heterocycles. The summed E-state index contributed by atoms with van der Waals surface area (Å²) in [5, 5.41) is 0. The van der Waals surface area contributed by atoms with E-state index in [0.29, 0.717) is 0 Å². The molecular weight excluding hydrogens is 339 g/mol. The molecule has 0 rings (SSSR count). The summed E-state index contributed by atoms with van der Waals surface area (Å²) in [6, 6.07) is 0. The van der Waals surface area contributed by atoms with Gasteiger partial charge in [-0.05, 0) is 0 Å². The first-order valence-corrected chi connectivity index (χ1v) is 4.41. The Bertz CT molecular complexity index is 26.1. The molecule has 0 nitrogen and oxygen atoms in total. The summed E-state index contributed by atoms with van der Waals surface area (Å²) in [6.45, 7) is 11.7. The van der Waals surface area contributed by atoms with E-state index in [0.717, 1.165) is 12.8 Å². The number of unbranched alkanes of at least 4 members (excludes halogenated alkanes) is 4. The van der Waals surface area contributed by atoms with Crippen molar-refractivity contribution >= 4 is 0 Å². The molecule has 0 radical (unpaired) electrons. The smallest absolute Gasteiger partial charge is 0.358 e. The molecule has 0 aliphatic heterocycles. The van der Waals surface area contributed by atoms with E-state index in [-0.39, 0.29) is 35.9 Å². The van der Waals surface area contributed by atoms with E-state index in [9.17, 15) is 0 Å². The quantitative estimate of drug-likeness (QED) is 0.619. The number of rotatable bonds is 4. The van der Waals surface area contributed by atoms with Gasteiger partial charge in [-0.1, -0.05) is 39.5 Å². The molecule has 0 saturated heterocycles. The minimum Gasteiger partial charge on any atom is -0.358 e. The summed E-state index contributed by atoms with van der Waals surface area (Å²) in [5.41, 5.74) is 0. The molecule has 0 aromatic heterocycles. The van der Waals surface area contributed by atoms with E-state index in [1.807, 2.05) is 0 Å². The maximum Gasteiger partial charge on any atom is 4.00 e. The van der Waals surface area contributed by atoms with Crippen molar-refractivity contribution in [3.05, 3.63) is 28.7 Å². The standard InChI is InChI=1S/2C5H11.2CH3.Pt/c2*1-3-5-4-2;;;/h2*1,3-5H2,2H3;2*1H3;/q4*-1;+4. The van der Waals surface area contributed by atoms with Gasteiger partial charge in [-0.3, -0.25) is 0 Å². The molecule has 0 bridgehead atoms. The second kappa shape index (κ2) is 38.8. The summed E-state index contributed by atoms with van der Waals surface area (Å²) in [7, 11) is 0. The van der Waals surface area contributed by atoms with Gasteiger partial charge in [-0.15, -0.1) is 0 Å². The zero-order valence-electron chi connectivity index (χ0n) is 9.97. The zero-order chi connectivity index (χ0) is 8.24. The van der Waals surface area contributed by atoms with Crippen LogP contribution in [0.5, 0.6) is 0 Å². The Labute approximate surface area is 102 Å². The summed E-state index contributed by atoms with van der Waals surface area (Å²) in [6.07, 6.45) is 7.31. The molecule has 0 aliphatic carbocycles. The van der Waals surface area contributed by atoms with E-state index < -0.39 is 0 Å². The maximum absolute atomic E-state index is 3.68. The Morgan fingerprint density at radius 3 is 1.00 bits per heavy atom. The summed E-state index contributed by atoms with van der Waals surface area (Å²) in [5.74, 6) is 0. The van der Waals surface area contributed by atoms with Gasteiger partial charge < -0.3 is 28.7 Å². The molecule has 0 spiro atoms. The number of hydrogen-bond donors (Lipinski definition) is 0. The Hall–Kier alpha value is 0.688. The molecule has 13 heavy (non-hydrogen) atoms. The average molecular weight is 367 g/mol. The van der Waals surface area contributed by atoms with E-state index >= 15 is 0 Å². The van der Waals surface area contributed by atoms with E-state index in [1.54, 1.807) is 0 Å². The van der Waals surface area contributed by atoms with Crippen LogP contribution >= 0.6 is 0 Å². The van der Waals surface area contributed by atoms with Crippen LogP contribution in [0.2, 0.25) is 0 Å².